The number of halogens is 1. The summed E-state index contributed by atoms with van der Waals surface area (Å²) in [7, 11) is 0. The second kappa shape index (κ2) is 5.35. The fourth-order valence-electron chi connectivity index (χ4n) is 3.17. The highest BCUT2D eigenvalue weighted by atomic mass is 35.5. The lowest BCUT2D eigenvalue weighted by atomic mass is 9.84. The average molecular weight is 266 g/mol. The van der Waals surface area contributed by atoms with Crippen LogP contribution < -0.4 is 10.6 Å². The molecule has 0 spiro atoms. The third-order valence-electron chi connectivity index (χ3n) is 4.13. The van der Waals surface area contributed by atoms with Crippen molar-refractivity contribution in [3.05, 3.63) is 17.4 Å². The van der Waals surface area contributed by atoms with Gasteiger partial charge in [0, 0.05) is 18.8 Å². The van der Waals surface area contributed by atoms with Crippen LogP contribution in [0.1, 0.15) is 38.5 Å². The van der Waals surface area contributed by atoms with Crippen molar-refractivity contribution in [2.24, 2.45) is 5.92 Å². The molecule has 18 heavy (non-hydrogen) atoms. The number of fused-ring (bicyclic) bond motifs is 1. The molecular formula is C14H20ClN3. The maximum atomic E-state index is 6.19. The van der Waals surface area contributed by atoms with Gasteiger partial charge < -0.3 is 10.6 Å². The minimum atomic E-state index is 0.500. The van der Waals surface area contributed by atoms with E-state index in [-0.39, 0.29) is 0 Å². The van der Waals surface area contributed by atoms with E-state index in [0.717, 1.165) is 23.8 Å². The summed E-state index contributed by atoms with van der Waals surface area (Å²) >= 11 is 6.19. The van der Waals surface area contributed by atoms with Gasteiger partial charge in [0.2, 0.25) is 0 Å². The van der Waals surface area contributed by atoms with Gasteiger partial charge in [0.05, 0.1) is 22.6 Å². The van der Waals surface area contributed by atoms with Gasteiger partial charge in [0.25, 0.3) is 0 Å². The fraction of sp³-hybridized carbons (Fsp3) is 0.643. The summed E-state index contributed by atoms with van der Waals surface area (Å²) in [6, 6.07) is 0.500. The van der Waals surface area contributed by atoms with Crippen LogP contribution in [0.5, 0.6) is 0 Å². The number of anilines is 2. The Balaban J connectivity index is 1.65. The number of nitrogens with one attached hydrogen (secondary N) is 2. The molecule has 98 valence electrons. The van der Waals surface area contributed by atoms with Crippen LogP contribution in [0.3, 0.4) is 0 Å². The molecule has 1 atom stereocenters. The van der Waals surface area contributed by atoms with Crippen LogP contribution >= 0.6 is 11.6 Å². The van der Waals surface area contributed by atoms with Crippen LogP contribution in [0.25, 0.3) is 0 Å². The molecule has 0 amide bonds. The zero-order valence-corrected chi connectivity index (χ0v) is 11.3. The van der Waals surface area contributed by atoms with Crippen molar-refractivity contribution in [2.45, 2.75) is 44.6 Å². The van der Waals surface area contributed by atoms with Crippen molar-refractivity contribution >= 4 is 23.0 Å². The summed E-state index contributed by atoms with van der Waals surface area (Å²) in [5.74, 6) is 0.889. The van der Waals surface area contributed by atoms with E-state index in [4.69, 9.17) is 11.6 Å². The third-order valence-corrected chi connectivity index (χ3v) is 4.42. The minimum absolute atomic E-state index is 0.500. The number of hydrogen-bond acceptors (Lipinski definition) is 3. The van der Waals surface area contributed by atoms with Gasteiger partial charge >= 0.3 is 0 Å². The monoisotopic (exact) mass is 265 g/mol. The van der Waals surface area contributed by atoms with Gasteiger partial charge in [-0.3, -0.25) is 4.98 Å². The largest absolute Gasteiger partial charge is 0.380 e. The SMILES string of the molecule is Clc1cncc2c1NC(CC1CCCCC1)CN2. The predicted octanol–water partition coefficient (Wildman–Crippen LogP) is 3.91. The molecule has 0 bridgehead atoms. The van der Waals surface area contributed by atoms with Crippen LogP contribution in [0.4, 0.5) is 11.4 Å². The van der Waals surface area contributed by atoms with Gasteiger partial charge in [0.1, 0.15) is 0 Å². The Kier molecular flexibility index (Phi) is 3.59. The van der Waals surface area contributed by atoms with E-state index in [1.54, 1.807) is 6.20 Å². The van der Waals surface area contributed by atoms with Gasteiger partial charge in [0.15, 0.2) is 0 Å². The standard InChI is InChI=1S/C14H20ClN3/c15-12-8-16-9-13-14(12)18-11(7-17-13)6-10-4-2-1-3-5-10/h8-11,17-18H,1-7H2. The smallest absolute Gasteiger partial charge is 0.0842 e. The van der Waals surface area contributed by atoms with Gasteiger partial charge in [-0.15, -0.1) is 0 Å². The van der Waals surface area contributed by atoms with E-state index in [1.165, 1.54) is 38.5 Å². The molecule has 3 nitrogen and oxygen atoms in total. The Hall–Kier alpha value is -0.960. The van der Waals surface area contributed by atoms with Crippen molar-refractivity contribution < 1.29 is 0 Å². The highest BCUT2D eigenvalue weighted by molar-refractivity contribution is 6.33. The molecule has 0 radical (unpaired) electrons. The van der Waals surface area contributed by atoms with Crippen molar-refractivity contribution in [3.63, 3.8) is 0 Å². The molecule has 1 saturated carbocycles. The summed E-state index contributed by atoms with van der Waals surface area (Å²) in [5, 5.41) is 7.73. The highest BCUT2D eigenvalue weighted by Crippen LogP contribution is 2.35. The van der Waals surface area contributed by atoms with Crippen LogP contribution in [-0.2, 0) is 0 Å². The fourth-order valence-corrected chi connectivity index (χ4v) is 3.38. The van der Waals surface area contributed by atoms with E-state index < -0.39 is 0 Å². The van der Waals surface area contributed by atoms with E-state index in [0.29, 0.717) is 11.1 Å². The van der Waals surface area contributed by atoms with Crippen molar-refractivity contribution in [2.75, 3.05) is 17.2 Å². The number of rotatable bonds is 2. The van der Waals surface area contributed by atoms with E-state index in [1.807, 2.05) is 6.20 Å². The average Bonchev–Trinajstić information content (AvgIpc) is 2.41. The van der Waals surface area contributed by atoms with Gasteiger partial charge in [-0.2, -0.15) is 0 Å². The van der Waals surface area contributed by atoms with Crippen LogP contribution in [0.2, 0.25) is 5.02 Å². The lowest BCUT2D eigenvalue weighted by molar-refractivity contribution is 0.325. The molecule has 1 fully saturated rings. The van der Waals surface area contributed by atoms with E-state index >= 15 is 0 Å². The molecule has 2 N–H and O–H groups in total. The van der Waals surface area contributed by atoms with E-state index in [2.05, 4.69) is 15.6 Å². The van der Waals surface area contributed by atoms with Crippen LogP contribution in [0.15, 0.2) is 12.4 Å². The number of pyridine rings is 1. The first-order chi connectivity index (χ1) is 8.83. The van der Waals surface area contributed by atoms with Gasteiger partial charge in [-0.1, -0.05) is 43.7 Å². The van der Waals surface area contributed by atoms with Gasteiger partial charge in [-0.25, -0.2) is 0 Å². The maximum Gasteiger partial charge on any atom is 0.0842 e. The molecule has 1 unspecified atom stereocenters. The normalized spacial score (nSPS) is 23.9. The number of nitrogens with zero attached hydrogens (tertiary/aromatic N) is 1. The minimum Gasteiger partial charge on any atom is -0.380 e. The van der Waals surface area contributed by atoms with Crippen molar-refractivity contribution in [1.29, 1.82) is 0 Å². The summed E-state index contributed by atoms with van der Waals surface area (Å²) in [6.45, 7) is 0.978. The molecule has 2 aliphatic rings. The Morgan fingerprint density at radius 2 is 2.06 bits per heavy atom. The molecule has 1 aromatic heterocycles. The predicted molar refractivity (Wildman–Crippen MR) is 76.3 cm³/mol. The maximum absolute atomic E-state index is 6.19. The molecule has 1 aliphatic carbocycles. The Morgan fingerprint density at radius 1 is 1.22 bits per heavy atom. The Bertz CT molecular complexity index is 416. The quantitative estimate of drug-likeness (QED) is 0.851. The van der Waals surface area contributed by atoms with Gasteiger partial charge in [-0.05, 0) is 12.3 Å². The molecule has 3 rings (SSSR count). The third kappa shape index (κ3) is 2.56. The molecule has 4 heteroatoms. The van der Waals surface area contributed by atoms with Crippen molar-refractivity contribution in [3.8, 4) is 0 Å². The second-order valence-electron chi connectivity index (χ2n) is 5.51. The topological polar surface area (TPSA) is 37.0 Å². The summed E-state index contributed by atoms with van der Waals surface area (Å²) < 4.78 is 0. The number of hydrogen-bond donors (Lipinski definition) is 2. The molecule has 0 aromatic carbocycles. The molecule has 1 aliphatic heterocycles. The van der Waals surface area contributed by atoms with Crippen LogP contribution in [-0.4, -0.2) is 17.6 Å². The first-order valence-electron chi connectivity index (χ1n) is 6.97. The lowest BCUT2D eigenvalue weighted by Crippen LogP contribution is -2.35. The summed E-state index contributed by atoms with van der Waals surface area (Å²) in [5.41, 5.74) is 2.06. The molecular weight excluding hydrogens is 246 g/mol. The van der Waals surface area contributed by atoms with Crippen molar-refractivity contribution in [1.82, 2.24) is 4.98 Å². The Labute approximate surface area is 113 Å². The first kappa shape index (κ1) is 12.1. The molecule has 2 heterocycles. The van der Waals surface area contributed by atoms with Crippen LogP contribution in [0, 0.1) is 5.92 Å². The molecule has 0 saturated heterocycles. The first-order valence-corrected chi connectivity index (χ1v) is 7.34. The summed E-state index contributed by atoms with van der Waals surface area (Å²) in [6.07, 6.45) is 11.8. The highest BCUT2D eigenvalue weighted by Gasteiger charge is 2.23. The zero-order chi connectivity index (χ0) is 12.4. The number of aromatic nitrogens is 1. The molecule has 1 aromatic rings. The Morgan fingerprint density at radius 3 is 2.89 bits per heavy atom. The van der Waals surface area contributed by atoms with E-state index in [9.17, 15) is 0 Å². The zero-order valence-electron chi connectivity index (χ0n) is 10.6. The summed E-state index contributed by atoms with van der Waals surface area (Å²) in [4.78, 5) is 4.10. The second-order valence-corrected chi connectivity index (χ2v) is 5.91. The lowest BCUT2D eigenvalue weighted by Gasteiger charge is -2.32.